The number of nitrogens with zero attached hydrogens (tertiary/aromatic N) is 2. The van der Waals surface area contributed by atoms with Crippen LogP contribution in [0.4, 0.5) is 0 Å². The number of carboxylic acid groups (broad SMARTS) is 1. The van der Waals surface area contributed by atoms with Gasteiger partial charge in [0.15, 0.2) is 0 Å². The summed E-state index contributed by atoms with van der Waals surface area (Å²) in [6.07, 6.45) is 4.32. The highest BCUT2D eigenvalue weighted by molar-refractivity contribution is 7.10. The summed E-state index contributed by atoms with van der Waals surface area (Å²) in [5.74, 6) is -0.980. The number of aromatic nitrogens is 2. The van der Waals surface area contributed by atoms with Crippen molar-refractivity contribution in [3.63, 3.8) is 0 Å². The van der Waals surface area contributed by atoms with E-state index < -0.39 is 5.97 Å². The van der Waals surface area contributed by atoms with Crippen LogP contribution in [0.15, 0.2) is 34.6 Å². The minimum atomic E-state index is -0.980. The molecule has 5 nitrogen and oxygen atoms in total. The summed E-state index contributed by atoms with van der Waals surface area (Å²) in [6, 6.07) is 3.64. The van der Waals surface area contributed by atoms with Gasteiger partial charge in [0.25, 0.3) is 0 Å². The molecule has 0 aliphatic heterocycles. The molecule has 2 aromatic rings. The molecule has 0 fully saturated rings. The third-order valence-corrected chi connectivity index (χ3v) is 3.37. The fourth-order valence-corrected chi connectivity index (χ4v) is 2.39. The zero-order valence-electron chi connectivity index (χ0n) is 10.2. The standard InChI is InChI=1S/C13H12N2O3S/c1-9-4-5-15(13(18)14-9)7-11-6-10(8-19-11)2-3-12(16)17/h2-6,8H,7H2,1H3,(H,16,17)/b3-2+. The van der Waals surface area contributed by atoms with Gasteiger partial charge >= 0.3 is 11.7 Å². The second-order valence-electron chi connectivity index (χ2n) is 4.00. The molecular weight excluding hydrogens is 264 g/mol. The van der Waals surface area contributed by atoms with E-state index in [0.717, 1.165) is 16.5 Å². The van der Waals surface area contributed by atoms with Crippen molar-refractivity contribution in [1.29, 1.82) is 0 Å². The van der Waals surface area contributed by atoms with Gasteiger partial charge in [0.2, 0.25) is 0 Å². The monoisotopic (exact) mass is 276 g/mol. The van der Waals surface area contributed by atoms with E-state index in [0.29, 0.717) is 12.2 Å². The van der Waals surface area contributed by atoms with Crippen LogP contribution in [0.5, 0.6) is 0 Å². The summed E-state index contributed by atoms with van der Waals surface area (Å²) in [5, 5.41) is 10.4. The van der Waals surface area contributed by atoms with Gasteiger partial charge in [-0.15, -0.1) is 11.3 Å². The van der Waals surface area contributed by atoms with Crippen LogP contribution in [0.2, 0.25) is 0 Å². The van der Waals surface area contributed by atoms with Crippen molar-refractivity contribution in [3.8, 4) is 0 Å². The summed E-state index contributed by atoms with van der Waals surface area (Å²) in [4.78, 5) is 26.9. The van der Waals surface area contributed by atoms with Crippen molar-refractivity contribution in [2.75, 3.05) is 0 Å². The second-order valence-corrected chi connectivity index (χ2v) is 4.99. The van der Waals surface area contributed by atoms with Crippen LogP contribution in [-0.4, -0.2) is 20.6 Å². The average Bonchev–Trinajstić information content (AvgIpc) is 2.78. The second kappa shape index (κ2) is 5.62. The van der Waals surface area contributed by atoms with Crippen molar-refractivity contribution < 1.29 is 9.90 Å². The fourth-order valence-electron chi connectivity index (χ4n) is 1.54. The Morgan fingerprint density at radius 2 is 2.37 bits per heavy atom. The molecule has 1 N–H and O–H groups in total. The van der Waals surface area contributed by atoms with E-state index in [1.807, 2.05) is 11.4 Å². The lowest BCUT2D eigenvalue weighted by Crippen LogP contribution is -2.22. The lowest BCUT2D eigenvalue weighted by molar-refractivity contribution is -0.131. The molecule has 0 atom stereocenters. The average molecular weight is 276 g/mol. The highest BCUT2D eigenvalue weighted by Crippen LogP contribution is 2.16. The predicted molar refractivity (Wildman–Crippen MR) is 73.3 cm³/mol. The first-order chi connectivity index (χ1) is 9.04. The summed E-state index contributed by atoms with van der Waals surface area (Å²) in [5.41, 5.74) is 1.23. The Bertz CT molecular complexity index is 685. The third kappa shape index (κ3) is 3.62. The third-order valence-electron chi connectivity index (χ3n) is 2.43. The molecule has 0 amide bonds. The lowest BCUT2D eigenvalue weighted by atomic mass is 10.3. The summed E-state index contributed by atoms with van der Waals surface area (Å²) in [6.45, 7) is 2.21. The van der Waals surface area contributed by atoms with Gasteiger partial charge in [-0.2, -0.15) is 4.98 Å². The molecule has 2 rings (SSSR count). The zero-order chi connectivity index (χ0) is 13.8. The number of thiophene rings is 1. The molecule has 0 bridgehead atoms. The lowest BCUT2D eigenvalue weighted by Gasteiger charge is -2.02. The van der Waals surface area contributed by atoms with E-state index in [1.54, 1.807) is 19.2 Å². The van der Waals surface area contributed by atoms with Gasteiger partial charge in [0, 0.05) is 22.8 Å². The van der Waals surface area contributed by atoms with Crippen LogP contribution >= 0.6 is 11.3 Å². The van der Waals surface area contributed by atoms with Crippen LogP contribution in [-0.2, 0) is 11.3 Å². The van der Waals surface area contributed by atoms with Gasteiger partial charge in [-0.3, -0.25) is 4.57 Å². The Hall–Kier alpha value is -2.21. The number of rotatable bonds is 4. The number of hydrogen-bond donors (Lipinski definition) is 1. The Morgan fingerprint density at radius 3 is 3.05 bits per heavy atom. The van der Waals surface area contributed by atoms with Crippen LogP contribution in [0.3, 0.4) is 0 Å². The molecule has 0 unspecified atom stereocenters. The molecule has 0 spiro atoms. The predicted octanol–water partition coefficient (Wildman–Crippen LogP) is 1.76. The topological polar surface area (TPSA) is 72.2 Å². The van der Waals surface area contributed by atoms with Crippen molar-refractivity contribution >= 4 is 23.4 Å². The molecular formula is C13H12N2O3S. The number of aliphatic carboxylic acids is 1. The normalized spacial score (nSPS) is 11.0. The van der Waals surface area contributed by atoms with Crippen molar-refractivity contribution in [2.24, 2.45) is 0 Å². The Kier molecular flexibility index (Phi) is 3.91. The van der Waals surface area contributed by atoms with E-state index in [1.165, 1.54) is 22.0 Å². The molecule has 98 valence electrons. The number of carboxylic acids is 1. The van der Waals surface area contributed by atoms with Crippen molar-refractivity contribution in [2.45, 2.75) is 13.5 Å². The Labute approximate surface area is 113 Å². The molecule has 2 aromatic heterocycles. The number of carbonyl (C=O) groups is 1. The summed E-state index contributed by atoms with van der Waals surface area (Å²) < 4.78 is 1.52. The Morgan fingerprint density at radius 1 is 1.58 bits per heavy atom. The highest BCUT2D eigenvalue weighted by atomic mass is 32.1. The van der Waals surface area contributed by atoms with Gasteiger partial charge in [-0.1, -0.05) is 0 Å². The maximum Gasteiger partial charge on any atom is 0.348 e. The molecule has 0 radical (unpaired) electrons. The molecule has 2 heterocycles. The van der Waals surface area contributed by atoms with E-state index in [2.05, 4.69) is 4.98 Å². The smallest absolute Gasteiger partial charge is 0.348 e. The van der Waals surface area contributed by atoms with Crippen LogP contribution in [0.25, 0.3) is 6.08 Å². The molecule has 6 heteroatoms. The Balaban J connectivity index is 2.16. The molecule has 19 heavy (non-hydrogen) atoms. The number of hydrogen-bond acceptors (Lipinski definition) is 4. The van der Waals surface area contributed by atoms with Gasteiger partial charge < -0.3 is 5.11 Å². The quantitative estimate of drug-likeness (QED) is 0.864. The van der Waals surface area contributed by atoms with Crippen molar-refractivity contribution in [1.82, 2.24) is 9.55 Å². The minimum Gasteiger partial charge on any atom is -0.478 e. The largest absolute Gasteiger partial charge is 0.478 e. The summed E-state index contributed by atoms with van der Waals surface area (Å²) in [7, 11) is 0. The maximum absolute atomic E-state index is 11.6. The van der Waals surface area contributed by atoms with Gasteiger partial charge in [0.05, 0.1) is 6.54 Å². The van der Waals surface area contributed by atoms with E-state index in [-0.39, 0.29) is 5.69 Å². The molecule has 0 aromatic carbocycles. The van der Waals surface area contributed by atoms with E-state index >= 15 is 0 Å². The number of aryl methyl sites for hydroxylation is 1. The van der Waals surface area contributed by atoms with Crippen LogP contribution < -0.4 is 5.69 Å². The molecule has 0 aliphatic rings. The SMILES string of the molecule is Cc1ccn(Cc2cc(/C=C/C(=O)O)cs2)c(=O)n1. The molecule has 0 aliphatic carbocycles. The first kappa shape index (κ1) is 13.2. The highest BCUT2D eigenvalue weighted by Gasteiger charge is 2.02. The van der Waals surface area contributed by atoms with E-state index in [9.17, 15) is 9.59 Å². The van der Waals surface area contributed by atoms with Crippen LogP contribution in [0.1, 0.15) is 16.1 Å². The first-order valence-corrected chi connectivity index (χ1v) is 6.45. The maximum atomic E-state index is 11.6. The van der Waals surface area contributed by atoms with Crippen LogP contribution in [0, 0.1) is 6.92 Å². The molecule has 0 saturated heterocycles. The fraction of sp³-hybridized carbons (Fsp3) is 0.154. The zero-order valence-corrected chi connectivity index (χ0v) is 11.1. The van der Waals surface area contributed by atoms with Gasteiger partial charge in [-0.05, 0) is 36.1 Å². The minimum absolute atomic E-state index is 0.281. The van der Waals surface area contributed by atoms with E-state index in [4.69, 9.17) is 5.11 Å². The summed E-state index contributed by atoms with van der Waals surface area (Å²) >= 11 is 1.48. The van der Waals surface area contributed by atoms with Gasteiger partial charge in [-0.25, -0.2) is 9.59 Å². The first-order valence-electron chi connectivity index (χ1n) is 5.57. The van der Waals surface area contributed by atoms with Crippen molar-refractivity contribution in [3.05, 3.63) is 56.4 Å². The van der Waals surface area contributed by atoms with Gasteiger partial charge in [0.1, 0.15) is 0 Å². The molecule has 0 saturated carbocycles.